The Hall–Kier alpha value is -3.14. The van der Waals surface area contributed by atoms with Gasteiger partial charge in [0.05, 0.1) is 5.56 Å². The minimum atomic E-state index is -0.889. The van der Waals surface area contributed by atoms with Crippen LogP contribution in [0.25, 0.3) is 10.8 Å². The molecule has 0 saturated heterocycles. The third kappa shape index (κ3) is 4.04. The first-order chi connectivity index (χ1) is 12.0. The maximum absolute atomic E-state index is 12.3. The molecule has 0 aliphatic rings. The molecule has 4 nitrogen and oxygen atoms in total. The van der Waals surface area contributed by atoms with Crippen molar-refractivity contribution < 1.29 is 14.3 Å². The fraction of sp³-hybridized carbons (Fsp3) is 0.143. The molecule has 0 spiro atoms. The standard InChI is InChI=1S/C21H19NO3/c1-14-7-9-17(10-8-14)21(24)25-15(2)20(23)22-19-12-11-16-5-3-4-6-18(16)13-19/h3-13,15H,1-2H3,(H,22,23). The van der Waals surface area contributed by atoms with Gasteiger partial charge in [-0.15, -0.1) is 0 Å². The van der Waals surface area contributed by atoms with Crippen molar-refractivity contribution in [3.05, 3.63) is 77.9 Å². The monoisotopic (exact) mass is 333 g/mol. The molecule has 0 bridgehead atoms. The van der Waals surface area contributed by atoms with Crippen LogP contribution in [0.2, 0.25) is 0 Å². The Kier molecular flexibility index (Phi) is 4.80. The van der Waals surface area contributed by atoms with E-state index >= 15 is 0 Å². The van der Waals surface area contributed by atoms with Gasteiger partial charge in [0.15, 0.2) is 6.10 Å². The predicted octanol–water partition coefficient (Wildman–Crippen LogP) is 4.33. The number of fused-ring (bicyclic) bond motifs is 1. The summed E-state index contributed by atoms with van der Waals surface area (Å²) in [6.45, 7) is 3.50. The highest BCUT2D eigenvalue weighted by molar-refractivity contribution is 5.98. The lowest BCUT2D eigenvalue weighted by Crippen LogP contribution is -2.30. The highest BCUT2D eigenvalue weighted by Gasteiger charge is 2.19. The lowest BCUT2D eigenvalue weighted by atomic mass is 10.1. The molecule has 0 saturated carbocycles. The molecular weight excluding hydrogens is 314 g/mol. The number of ether oxygens (including phenoxy) is 1. The Balaban J connectivity index is 1.65. The summed E-state index contributed by atoms with van der Waals surface area (Å²) in [6, 6.07) is 20.6. The molecule has 0 aliphatic heterocycles. The van der Waals surface area contributed by atoms with Crippen LogP contribution < -0.4 is 5.32 Å². The van der Waals surface area contributed by atoms with Gasteiger partial charge >= 0.3 is 5.97 Å². The second-order valence-electron chi connectivity index (χ2n) is 5.96. The van der Waals surface area contributed by atoms with Gasteiger partial charge in [0.1, 0.15) is 0 Å². The van der Waals surface area contributed by atoms with Crippen molar-refractivity contribution in [2.75, 3.05) is 5.32 Å². The molecule has 1 amide bonds. The van der Waals surface area contributed by atoms with E-state index in [2.05, 4.69) is 5.32 Å². The van der Waals surface area contributed by atoms with Crippen LogP contribution in [0.4, 0.5) is 5.69 Å². The SMILES string of the molecule is Cc1ccc(C(=O)OC(C)C(=O)Nc2ccc3ccccc3c2)cc1. The molecule has 3 aromatic rings. The Morgan fingerprint density at radius 2 is 1.60 bits per heavy atom. The van der Waals surface area contributed by atoms with Crippen molar-refractivity contribution in [1.29, 1.82) is 0 Å². The van der Waals surface area contributed by atoms with Gasteiger partial charge in [-0.25, -0.2) is 4.79 Å². The number of aryl methyl sites for hydroxylation is 1. The number of nitrogens with one attached hydrogen (secondary N) is 1. The number of benzene rings is 3. The average molecular weight is 333 g/mol. The fourth-order valence-electron chi connectivity index (χ4n) is 2.48. The van der Waals surface area contributed by atoms with Crippen molar-refractivity contribution in [3.8, 4) is 0 Å². The zero-order valence-electron chi connectivity index (χ0n) is 14.2. The normalized spacial score (nSPS) is 11.8. The zero-order chi connectivity index (χ0) is 17.8. The Bertz CT molecular complexity index is 916. The topological polar surface area (TPSA) is 55.4 Å². The van der Waals surface area contributed by atoms with Gasteiger partial charge in [0.25, 0.3) is 5.91 Å². The highest BCUT2D eigenvalue weighted by Crippen LogP contribution is 2.19. The van der Waals surface area contributed by atoms with Crippen molar-refractivity contribution in [1.82, 2.24) is 0 Å². The lowest BCUT2D eigenvalue weighted by molar-refractivity contribution is -0.123. The molecule has 0 aromatic heterocycles. The first-order valence-electron chi connectivity index (χ1n) is 8.10. The Morgan fingerprint density at radius 3 is 2.32 bits per heavy atom. The van der Waals surface area contributed by atoms with Crippen molar-refractivity contribution in [3.63, 3.8) is 0 Å². The average Bonchev–Trinajstić information content (AvgIpc) is 2.62. The van der Waals surface area contributed by atoms with Gasteiger partial charge in [-0.1, -0.05) is 48.0 Å². The van der Waals surface area contributed by atoms with E-state index in [-0.39, 0.29) is 5.91 Å². The number of hydrogen-bond acceptors (Lipinski definition) is 3. The van der Waals surface area contributed by atoms with Gasteiger partial charge in [0.2, 0.25) is 0 Å². The van der Waals surface area contributed by atoms with Crippen molar-refractivity contribution >= 4 is 28.3 Å². The molecule has 0 fully saturated rings. The van der Waals surface area contributed by atoms with Crippen LogP contribution in [0.3, 0.4) is 0 Å². The number of carbonyl (C=O) groups excluding carboxylic acids is 2. The smallest absolute Gasteiger partial charge is 0.338 e. The largest absolute Gasteiger partial charge is 0.449 e. The molecule has 0 radical (unpaired) electrons. The third-order valence-corrected chi connectivity index (χ3v) is 3.96. The van der Waals surface area contributed by atoms with E-state index in [4.69, 9.17) is 4.74 Å². The van der Waals surface area contributed by atoms with Crippen LogP contribution in [0.15, 0.2) is 66.7 Å². The number of hydrogen-bond donors (Lipinski definition) is 1. The quantitative estimate of drug-likeness (QED) is 0.723. The number of carbonyl (C=O) groups is 2. The first-order valence-corrected chi connectivity index (χ1v) is 8.10. The molecule has 1 N–H and O–H groups in total. The van der Waals surface area contributed by atoms with Crippen molar-refractivity contribution in [2.45, 2.75) is 20.0 Å². The van der Waals surface area contributed by atoms with Crippen LogP contribution in [0, 0.1) is 6.92 Å². The summed E-state index contributed by atoms with van der Waals surface area (Å²) < 4.78 is 5.25. The van der Waals surface area contributed by atoms with Crippen molar-refractivity contribution in [2.24, 2.45) is 0 Å². The van der Waals surface area contributed by atoms with Crippen LogP contribution >= 0.6 is 0 Å². The van der Waals surface area contributed by atoms with E-state index in [0.717, 1.165) is 16.3 Å². The number of esters is 1. The first kappa shape index (κ1) is 16.7. The summed E-state index contributed by atoms with van der Waals surface area (Å²) in [5.74, 6) is -0.878. The molecule has 0 aliphatic carbocycles. The van der Waals surface area contributed by atoms with Crippen LogP contribution in [0.5, 0.6) is 0 Å². The molecule has 126 valence electrons. The van der Waals surface area contributed by atoms with Crippen LogP contribution in [0.1, 0.15) is 22.8 Å². The second kappa shape index (κ2) is 7.18. The molecule has 1 unspecified atom stereocenters. The van der Waals surface area contributed by atoms with Crippen LogP contribution in [-0.4, -0.2) is 18.0 Å². The number of amides is 1. The summed E-state index contributed by atoms with van der Waals surface area (Å²) in [7, 11) is 0. The van der Waals surface area contributed by atoms with E-state index in [1.54, 1.807) is 19.1 Å². The maximum atomic E-state index is 12.3. The van der Waals surface area contributed by atoms with Gasteiger partial charge < -0.3 is 10.1 Å². The number of anilines is 1. The molecule has 3 rings (SSSR count). The van der Waals surface area contributed by atoms with Crippen LogP contribution in [-0.2, 0) is 9.53 Å². The summed E-state index contributed by atoms with van der Waals surface area (Å²) in [4.78, 5) is 24.4. The molecule has 4 heteroatoms. The second-order valence-corrected chi connectivity index (χ2v) is 5.96. The van der Waals surface area contributed by atoms with Gasteiger partial charge in [-0.2, -0.15) is 0 Å². The van der Waals surface area contributed by atoms with Gasteiger partial charge in [0, 0.05) is 5.69 Å². The molecule has 0 heterocycles. The summed E-state index contributed by atoms with van der Waals surface area (Å²) in [6.07, 6.45) is -0.889. The van der Waals surface area contributed by atoms with Gasteiger partial charge in [-0.05, 0) is 48.9 Å². The molecule has 25 heavy (non-hydrogen) atoms. The third-order valence-electron chi connectivity index (χ3n) is 3.96. The predicted molar refractivity (Wildman–Crippen MR) is 98.6 cm³/mol. The van der Waals surface area contributed by atoms with E-state index in [9.17, 15) is 9.59 Å². The fourth-order valence-corrected chi connectivity index (χ4v) is 2.48. The van der Waals surface area contributed by atoms with E-state index in [1.807, 2.05) is 61.5 Å². The maximum Gasteiger partial charge on any atom is 0.338 e. The summed E-state index contributed by atoms with van der Waals surface area (Å²) >= 11 is 0. The lowest BCUT2D eigenvalue weighted by Gasteiger charge is -2.14. The summed E-state index contributed by atoms with van der Waals surface area (Å²) in [5, 5.41) is 4.91. The molecule has 3 aromatic carbocycles. The van der Waals surface area contributed by atoms with E-state index in [1.165, 1.54) is 0 Å². The Labute approximate surface area is 146 Å². The van der Waals surface area contributed by atoms with E-state index in [0.29, 0.717) is 11.3 Å². The molecule has 1 atom stereocenters. The minimum Gasteiger partial charge on any atom is -0.449 e. The van der Waals surface area contributed by atoms with Gasteiger partial charge in [-0.3, -0.25) is 4.79 Å². The summed E-state index contributed by atoms with van der Waals surface area (Å²) in [5.41, 5.74) is 2.15. The molecular formula is C21H19NO3. The van der Waals surface area contributed by atoms with E-state index < -0.39 is 12.1 Å². The minimum absolute atomic E-state index is 0.365. The Morgan fingerprint density at radius 1 is 0.920 bits per heavy atom. The zero-order valence-corrected chi connectivity index (χ0v) is 14.2. The number of rotatable bonds is 4. The highest BCUT2D eigenvalue weighted by atomic mass is 16.5.